The van der Waals surface area contributed by atoms with Crippen LogP contribution in [0.3, 0.4) is 0 Å². The van der Waals surface area contributed by atoms with Crippen LogP contribution in [0, 0.1) is 20.8 Å². The molecule has 2 aromatic carbocycles. The summed E-state index contributed by atoms with van der Waals surface area (Å²) in [5.74, 6) is 0. The number of hydrogen-bond donors (Lipinski definition) is 0. The molecule has 1 heterocycles. The van der Waals surface area contributed by atoms with Gasteiger partial charge >= 0.3 is 6.18 Å². The minimum absolute atomic E-state index is 0.0383. The fourth-order valence-corrected chi connectivity index (χ4v) is 3.17. The number of alkyl halides is 3. The topological polar surface area (TPSA) is 12.9 Å². The number of benzene rings is 2. The second-order valence-corrected chi connectivity index (χ2v) is 6.55. The lowest BCUT2D eigenvalue weighted by Crippen LogP contribution is -2.09. The number of pyridine rings is 1. The molecule has 0 bridgehead atoms. The number of nitrogens with zero attached hydrogens (tertiary/aromatic N) is 1. The van der Waals surface area contributed by atoms with E-state index >= 15 is 0 Å². The fourth-order valence-electron chi connectivity index (χ4n) is 3.17. The molecule has 0 aliphatic heterocycles. The molecule has 0 amide bonds. The van der Waals surface area contributed by atoms with Crippen LogP contribution in [-0.2, 0) is 6.42 Å². The molecule has 0 atom stereocenters. The third-order valence-electron chi connectivity index (χ3n) is 4.57. The Kier molecular flexibility index (Phi) is 4.55. The molecule has 0 N–H and O–H groups in total. The van der Waals surface area contributed by atoms with Gasteiger partial charge in [0.25, 0.3) is 0 Å². The van der Waals surface area contributed by atoms with Crippen molar-refractivity contribution in [3.05, 3.63) is 64.7 Å². The van der Waals surface area contributed by atoms with Gasteiger partial charge in [0.05, 0.1) is 11.2 Å². The van der Waals surface area contributed by atoms with Crippen molar-refractivity contribution >= 4 is 10.9 Å². The van der Waals surface area contributed by atoms with Crippen molar-refractivity contribution in [2.75, 3.05) is 0 Å². The summed E-state index contributed by atoms with van der Waals surface area (Å²) in [6.45, 7) is 6.08. The lowest BCUT2D eigenvalue weighted by molar-refractivity contribution is -0.133. The van der Waals surface area contributed by atoms with Crippen molar-refractivity contribution < 1.29 is 13.2 Å². The monoisotopic (exact) mass is 343 g/mol. The first-order valence-corrected chi connectivity index (χ1v) is 8.28. The molecule has 4 heteroatoms. The van der Waals surface area contributed by atoms with Gasteiger partial charge in [-0.3, -0.25) is 0 Å². The molecule has 0 aliphatic carbocycles. The fraction of sp³-hybridized carbons (Fsp3) is 0.286. The molecule has 0 fully saturated rings. The summed E-state index contributed by atoms with van der Waals surface area (Å²) in [5.41, 5.74) is 6.52. The van der Waals surface area contributed by atoms with Crippen LogP contribution < -0.4 is 0 Å². The molecule has 130 valence electrons. The van der Waals surface area contributed by atoms with E-state index in [2.05, 4.69) is 6.07 Å². The highest BCUT2D eigenvalue weighted by atomic mass is 19.4. The van der Waals surface area contributed by atoms with Crippen molar-refractivity contribution in [2.45, 2.75) is 39.8 Å². The van der Waals surface area contributed by atoms with E-state index < -0.39 is 12.6 Å². The van der Waals surface area contributed by atoms with Crippen molar-refractivity contribution in [2.24, 2.45) is 0 Å². The normalized spacial score (nSPS) is 11.9. The van der Waals surface area contributed by atoms with E-state index in [0.717, 1.165) is 38.9 Å². The van der Waals surface area contributed by atoms with Crippen LogP contribution in [0.2, 0.25) is 0 Å². The molecular formula is C21H20F3N. The van der Waals surface area contributed by atoms with Gasteiger partial charge < -0.3 is 0 Å². The summed E-state index contributed by atoms with van der Waals surface area (Å²) >= 11 is 0. The Morgan fingerprint density at radius 2 is 1.68 bits per heavy atom. The maximum Gasteiger partial charge on any atom is 0.389 e. The Hall–Kier alpha value is -2.36. The van der Waals surface area contributed by atoms with Crippen LogP contribution in [0.1, 0.15) is 28.7 Å². The smallest absolute Gasteiger partial charge is 0.248 e. The van der Waals surface area contributed by atoms with E-state index in [9.17, 15) is 13.2 Å². The molecular weight excluding hydrogens is 323 g/mol. The SMILES string of the molecule is Cc1cc(C)c(C)c(-c2cc(CCC(F)(F)F)c3ccccc3n2)c1. The Balaban J connectivity index is 2.17. The minimum atomic E-state index is -4.17. The molecule has 0 saturated carbocycles. The molecule has 0 spiro atoms. The Morgan fingerprint density at radius 1 is 0.960 bits per heavy atom. The predicted molar refractivity (Wildman–Crippen MR) is 95.8 cm³/mol. The molecule has 0 aliphatic rings. The van der Waals surface area contributed by atoms with Gasteiger partial charge in [0.2, 0.25) is 0 Å². The zero-order valence-corrected chi connectivity index (χ0v) is 14.5. The van der Waals surface area contributed by atoms with Gasteiger partial charge in [0.1, 0.15) is 0 Å². The highest BCUT2D eigenvalue weighted by Gasteiger charge is 2.27. The van der Waals surface area contributed by atoms with Crippen molar-refractivity contribution in [1.82, 2.24) is 4.98 Å². The molecule has 3 rings (SSSR count). The second-order valence-electron chi connectivity index (χ2n) is 6.55. The zero-order chi connectivity index (χ0) is 18.2. The van der Waals surface area contributed by atoms with E-state index in [-0.39, 0.29) is 6.42 Å². The summed E-state index contributed by atoms with van der Waals surface area (Å²) in [7, 11) is 0. The average Bonchev–Trinajstić information content (AvgIpc) is 2.55. The molecule has 0 unspecified atom stereocenters. The van der Waals surface area contributed by atoms with Crippen LogP contribution in [-0.4, -0.2) is 11.2 Å². The summed E-state index contributed by atoms with van der Waals surface area (Å²) in [5, 5.41) is 0.789. The van der Waals surface area contributed by atoms with Crippen molar-refractivity contribution in [1.29, 1.82) is 0 Å². The van der Waals surface area contributed by atoms with Gasteiger partial charge in [-0.25, -0.2) is 4.98 Å². The maximum atomic E-state index is 12.7. The molecule has 25 heavy (non-hydrogen) atoms. The van der Waals surface area contributed by atoms with Crippen LogP contribution in [0.25, 0.3) is 22.2 Å². The number of aromatic nitrogens is 1. The van der Waals surface area contributed by atoms with E-state index in [1.54, 1.807) is 0 Å². The summed E-state index contributed by atoms with van der Waals surface area (Å²) in [6.07, 6.45) is -5.03. The summed E-state index contributed by atoms with van der Waals surface area (Å²) in [4.78, 5) is 4.71. The van der Waals surface area contributed by atoms with Gasteiger partial charge in [0, 0.05) is 17.4 Å². The van der Waals surface area contributed by atoms with Gasteiger partial charge in [0.15, 0.2) is 0 Å². The Labute approximate surface area is 145 Å². The van der Waals surface area contributed by atoms with Crippen molar-refractivity contribution in [3.63, 3.8) is 0 Å². The second kappa shape index (κ2) is 6.51. The van der Waals surface area contributed by atoms with Gasteiger partial charge in [-0.2, -0.15) is 13.2 Å². The quantitative estimate of drug-likeness (QED) is 0.542. The van der Waals surface area contributed by atoms with Crippen LogP contribution in [0.5, 0.6) is 0 Å². The lowest BCUT2D eigenvalue weighted by atomic mass is 9.95. The molecule has 0 radical (unpaired) electrons. The van der Waals surface area contributed by atoms with Crippen LogP contribution in [0.4, 0.5) is 13.2 Å². The van der Waals surface area contributed by atoms with Gasteiger partial charge in [-0.05, 0) is 62.1 Å². The predicted octanol–water partition coefficient (Wildman–Crippen LogP) is 6.32. The summed E-state index contributed by atoms with van der Waals surface area (Å²) in [6, 6.07) is 13.4. The average molecular weight is 343 g/mol. The Bertz CT molecular complexity index is 926. The lowest BCUT2D eigenvalue weighted by Gasteiger charge is -2.14. The summed E-state index contributed by atoms with van der Waals surface area (Å²) < 4.78 is 38.2. The number of fused-ring (bicyclic) bond motifs is 1. The number of halogens is 3. The van der Waals surface area contributed by atoms with Gasteiger partial charge in [-0.15, -0.1) is 0 Å². The van der Waals surface area contributed by atoms with Crippen LogP contribution >= 0.6 is 0 Å². The highest BCUT2D eigenvalue weighted by Crippen LogP contribution is 2.31. The highest BCUT2D eigenvalue weighted by molar-refractivity contribution is 5.85. The molecule has 3 aromatic rings. The first-order chi connectivity index (χ1) is 11.7. The zero-order valence-electron chi connectivity index (χ0n) is 14.5. The van der Waals surface area contributed by atoms with Crippen LogP contribution in [0.15, 0.2) is 42.5 Å². The maximum absolute atomic E-state index is 12.7. The first kappa shape index (κ1) is 17.5. The van der Waals surface area contributed by atoms with E-state index in [4.69, 9.17) is 4.98 Å². The third kappa shape index (κ3) is 3.84. The number of para-hydroxylation sites is 1. The van der Waals surface area contributed by atoms with Crippen molar-refractivity contribution in [3.8, 4) is 11.3 Å². The minimum Gasteiger partial charge on any atom is -0.248 e. The van der Waals surface area contributed by atoms with E-state index in [1.165, 1.54) is 0 Å². The Morgan fingerprint density at radius 3 is 2.40 bits per heavy atom. The molecule has 0 saturated heterocycles. The first-order valence-electron chi connectivity index (χ1n) is 8.28. The molecule has 1 nitrogen and oxygen atoms in total. The van der Waals surface area contributed by atoms with Gasteiger partial charge in [-0.1, -0.05) is 29.8 Å². The third-order valence-corrected chi connectivity index (χ3v) is 4.57. The number of rotatable bonds is 3. The standard InChI is InChI=1S/C21H20F3N/c1-13-10-14(2)15(3)18(11-13)20-12-16(8-9-21(22,23)24)17-6-4-5-7-19(17)25-20/h4-7,10-12H,8-9H2,1-3H3. The van der Waals surface area contributed by atoms with E-state index in [0.29, 0.717) is 5.56 Å². The number of aryl methyl sites for hydroxylation is 3. The number of hydrogen-bond acceptors (Lipinski definition) is 1. The van der Waals surface area contributed by atoms with E-state index in [1.807, 2.05) is 57.2 Å². The molecule has 1 aromatic heterocycles. The largest absolute Gasteiger partial charge is 0.389 e.